The van der Waals surface area contributed by atoms with Crippen molar-refractivity contribution in [1.29, 1.82) is 5.26 Å². The lowest BCUT2D eigenvalue weighted by molar-refractivity contribution is -0.153. The topological polar surface area (TPSA) is 106 Å². The number of amides is 1. The maximum absolute atomic E-state index is 13.4. The Labute approximate surface area is 200 Å². The van der Waals surface area contributed by atoms with E-state index in [2.05, 4.69) is 16.3 Å². The second-order valence-electron chi connectivity index (χ2n) is 9.36. The Morgan fingerprint density at radius 3 is 2.24 bits per heavy atom. The van der Waals surface area contributed by atoms with Gasteiger partial charge in [0.2, 0.25) is 5.91 Å². The number of phenolic OH excluding ortho intramolecular Hbond substituents is 1. The summed E-state index contributed by atoms with van der Waals surface area (Å²) >= 11 is 0. The normalized spacial score (nSPS) is 14.9. The van der Waals surface area contributed by atoms with E-state index in [-0.39, 0.29) is 18.2 Å². The van der Waals surface area contributed by atoms with Crippen LogP contribution in [-0.4, -0.2) is 66.2 Å². The monoisotopic (exact) mass is 464 g/mol. The number of carbonyl (C=O) groups is 2. The zero-order chi connectivity index (χ0) is 24.7. The SMILES string of the molecule is CC(C)(C)OC(=O)CNC(Cc1ccc(O)cc1)C(=O)N1CCN(c2ccc(C#N)cc2)CC1. The Balaban J connectivity index is 1.64. The molecule has 0 spiro atoms. The van der Waals surface area contributed by atoms with Gasteiger partial charge in [0, 0.05) is 31.9 Å². The van der Waals surface area contributed by atoms with Crippen molar-refractivity contribution in [3.05, 3.63) is 59.7 Å². The average Bonchev–Trinajstić information content (AvgIpc) is 2.81. The number of anilines is 1. The zero-order valence-corrected chi connectivity index (χ0v) is 20.0. The molecule has 1 saturated heterocycles. The van der Waals surface area contributed by atoms with Gasteiger partial charge in [-0.1, -0.05) is 12.1 Å². The number of nitrogens with one attached hydrogen (secondary N) is 1. The highest BCUT2D eigenvalue weighted by molar-refractivity contribution is 5.83. The molecule has 1 heterocycles. The predicted molar refractivity (Wildman–Crippen MR) is 129 cm³/mol. The summed E-state index contributed by atoms with van der Waals surface area (Å²) in [5.41, 5.74) is 1.92. The number of nitriles is 1. The first-order valence-electron chi connectivity index (χ1n) is 11.4. The Bertz CT molecular complexity index is 1010. The highest BCUT2D eigenvalue weighted by Crippen LogP contribution is 2.18. The molecule has 1 aliphatic heterocycles. The minimum atomic E-state index is -0.600. The first kappa shape index (κ1) is 25.1. The maximum atomic E-state index is 13.4. The van der Waals surface area contributed by atoms with Crippen LogP contribution >= 0.6 is 0 Å². The van der Waals surface area contributed by atoms with Gasteiger partial charge in [-0.25, -0.2) is 0 Å². The molecule has 1 atom stereocenters. The molecule has 3 rings (SSSR count). The van der Waals surface area contributed by atoms with Crippen LogP contribution in [0.15, 0.2) is 48.5 Å². The molecule has 1 amide bonds. The van der Waals surface area contributed by atoms with Gasteiger partial charge in [-0.15, -0.1) is 0 Å². The van der Waals surface area contributed by atoms with Crippen molar-refractivity contribution in [2.45, 2.75) is 38.8 Å². The molecule has 0 saturated carbocycles. The lowest BCUT2D eigenvalue weighted by Gasteiger charge is -2.37. The first-order valence-corrected chi connectivity index (χ1v) is 11.4. The average molecular weight is 465 g/mol. The van der Waals surface area contributed by atoms with Gasteiger partial charge in [0.05, 0.1) is 24.2 Å². The largest absolute Gasteiger partial charge is 0.508 e. The Kier molecular flexibility index (Phi) is 8.13. The first-order chi connectivity index (χ1) is 16.1. The summed E-state index contributed by atoms with van der Waals surface area (Å²) in [7, 11) is 0. The molecule has 2 N–H and O–H groups in total. The van der Waals surface area contributed by atoms with Crippen LogP contribution in [0, 0.1) is 11.3 Å². The van der Waals surface area contributed by atoms with Crippen LogP contribution in [0.3, 0.4) is 0 Å². The van der Waals surface area contributed by atoms with E-state index in [4.69, 9.17) is 10.00 Å². The number of esters is 1. The van der Waals surface area contributed by atoms with E-state index in [0.29, 0.717) is 38.2 Å². The molecule has 0 bridgehead atoms. The lowest BCUT2D eigenvalue weighted by atomic mass is 10.0. The molecule has 1 fully saturated rings. The fraction of sp³-hybridized carbons (Fsp3) is 0.423. The summed E-state index contributed by atoms with van der Waals surface area (Å²) in [5.74, 6) is -0.329. The molecule has 1 aliphatic rings. The van der Waals surface area contributed by atoms with Gasteiger partial charge in [0.1, 0.15) is 11.4 Å². The molecule has 0 aliphatic carbocycles. The van der Waals surface area contributed by atoms with Crippen LogP contribution in [0.25, 0.3) is 0 Å². The van der Waals surface area contributed by atoms with Gasteiger partial charge in [-0.3, -0.25) is 14.9 Å². The highest BCUT2D eigenvalue weighted by Gasteiger charge is 2.29. The third-order valence-corrected chi connectivity index (χ3v) is 5.54. The van der Waals surface area contributed by atoms with Crippen molar-refractivity contribution in [1.82, 2.24) is 10.2 Å². The molecule has 34 heavy (non-hydrogen) atoms. The summed E-state index contributed by atoms with van der Waals surface area (Å²) in [4.78, 5) is 29.6. The van der Waals surface area contributed by atoms with Gasteiger partial charge in [0.15, 0.2) is 0 Å². The molecular weight excluding hydrogens is 432 g/mol. The van der Waals surface area contributed by atoms with E-state index < -0.39 is 17.6 Å². The Morgan fingerprint density at radius 1 is 1.06 bits per heavy atom. The maximum Gasteiger partial charge on any atom is 0.320 e. The number of carbonyl (C=O) groups excluding carboxylic acids is 2. The Morgan fingerprint density at radius 2 is 1.68 bits per heavy atom. The van der Waals surface area contributed by atoms with Crippen molar-refractivity contribution >= 4 is 17.6 Å². The van der Waals surface area contributed by atoms with Crippen LogP contribution in [0.2, 0.25) is 0 Å². The number of phenols is 1. The number of nitrogens with zero attached hydrogens (tertiary/aromatic N) is 3. The highest BCUT2D eigenvalue weighted by atomic mass is 16.6. The fourth-order valence-electron chi connectivity index (χ4n) is 3.85. The van der Waals surface area contributed by atoms with Gasteiger partial charge in [-0.05, 0) is 69.2 Å². The summed E-state index contributed by atoms with van der Waals surface area (Å²) < 4.78 is 5.37. The predicted octanol–water partition coefficient (Wildman–Crippen LogP) is 2.46. The quantitative estimate of drug-likeness (QED) is 0.606. The van der Waals surface area contributed by atoms with Crippen LogP contribution < -0.4 is 10.2 Å². The summed E-state index contributed by atoms with van der Waals surface area (Å²) in [6.07, 6.45) is 0.387. The van der Waals surface area contributed by atoms with Crippen molar-refractivity contribution < 1.29 is 19.4 Å². The van der Waals surface area contributed by atoms with E-state index in [9.17, 15) is 14.7 Å². The molecule has 2 aromatic carbocycles. The van der Waals surface area contributed by atoms with Crippen molar-refractivity contribution in [2.24, 2.45) is 0 Å². The molecule has 0 radical (unpaired) electrons. The number of rotatable bonds is 7. The van der Waals surface area contributed by atoms with Crippen LogP contribution in [0.1, 0.15) is 31.9 Å². The smallest absolute Gasteiger partial charge is 0.320 e. The number of ether oxygens (including phenoxy) is 1. The van der Waals surface area contributed by atoms with Crippen LogP contribution in [0.5, 0.6) is 5.75 Å². The third kappa shape index (κ3) is 7.22. The summed E-state index contributed by atoms with van der Waals surface area (Å²) in [5, 5.41) is 21.6. The van der Waals surface area contributed by atoms with Gasteiger partial charge in [0.25, 0.3) is 0 Å². The number of benzene rings is 2. The zero-order valence-electron chi connectivity index (χ0n) is 20.0. The summed E-state index contributed by atoms with van der Waals surface area (Å²) in [6.45, 7) is 7.80. The molecule has 0 aromatic heterocycles. The van der Waals surface area contributed by atoms with E-state index in [1.165, 1.54) is 0 Å². The van der Waals surface area contributed by atoms with E-state index in [1.54, 1.807) is 57.2 Å². The second-order valence-corrected chi connectivity index (χ2v) is 9.36. The van der Waals surface area contributed by atoms with E-state index in [1.807, 2.05) is 17.0 Å². The van der Waals surface area contributed by atoms with Crippen LogP contribution in [0.4, 0.5) is 5.69 Å². The number of aromatic hydroxyl groups is 1. The van der Waals surface area contributed by atoms with Gasteiger partial charge in [-0.2, -0.15) is 5.26 Å². The number of piperazine rings is 1. The lowest BCUT2D eigenvalue weighted by Crippen LogP contribution is -2.55. The fourth-order valence-corrected chi connectivity index (χ4v) is 3.85. The Hall–Kier alpha value is -3.57. The third-order valence-electron chi connectivity index (χ3n) is 5.54. The molecular formula is C26H32N4O4. The molecule has 8 heteroatoms. The van der Waals surface area contributed by atoms with Gasteiger partial charge >= 0.3 is 5.97 Å². The molecule has 180 valence electrons. The molecule has 1 unspecified atom stereocenters. The second kappa shape index (κ2) is 11.0. The van der Waals surface area contributed by atoms with Gasteiger partial charge < -0.3 is 19.6 Å². The molecule has 2 aromatic rings. The minimum Gasteiger partial charge on any atom is -0.508 e. The van der Waals surface area contributed by atoms with Crippen molar-refractivity contribution in [3.8, 4) is 11.8 Å². The standard InChI is InChI=1S/C26H32N4O4/c1-26(2,3)34-24(32)18-28-23(16-19-6-10-22(31)11-7-19)25(33)30-14-12-29(13-15-30)21-8-4-20(17-27)5-9-21/h4-11,23,28,31H,12-16,18H2,1-3H3. The number of hydrogen-bond acceptors (Lipinski definition) is 7. The van der Waals surface area contributed by atoms with E-state index >= 15 is 0 Å². The van der Waals surface area contributed by atoms with Crippen molar-refractivity contribution in [3.63, 3.8) is 0 Å². The van der Waals surface area contributed by atoms with Crippen LogP contribution in [-0.2, 0) is 20.7 Å². The summed E-state index contributed by atoms with van der Waals surface area (Å²) in [6, 6.07) is 15.7. The van der Waals surface area contributed by atoms with Crippen molar-refractivity contribution in [2.75, 3.05) is 37.6 Å². The minimum absolute atomic E-state index is 0.0725. The van der Waals surface area contributed by atoms with E-state index in [0.717, 1.165) is 11.3 Å². The molecule has 8 nitrogen and oxygen atoms in total. The number of hydrogen-bond donors (Lipinski definition) is 2.